The molecule has 0 aliphatic rings. The molecule has 0 saturated heterocycles. The third-order valence-electron chi connectivity index (χ3n) is 2.15. The molecule has 2 aromatic rings. The summed E-state index contributed by atoms with van der Waals surface area (Å²) in [7, 11) is 0. The minimum absolute atomic E-state index is 0.802. The van der Waals surface area contributed by atoms with Crippen LogP contribution in [0.4, 0.5) is 0 Å². The van der Waals surface area contributed by atoms with Crippen molar-refractivity contribution in [3.05, 3.63) is 59.1 Å². The summed E-state index contributed by atoms with van der Waals surface area (Å²) >= 11 is 6.15. The van der Waals surface area contributed by atoms with Crippen LogP contribution in [0.25, 0.3) is 11.1 Å². The lowest BCUT2D eigenvalue weighted by molar-refractivity contribution is 1.47. The zero-order chi connectivity index (χ0) is 9.97. The quantitative estimate of drug-likeness (QED) is 0.651. The van der Waals surface area contributed by atoms with E-state index in [1.165, 1.54) is 5.56 Å². The van der Waals surface area contributed by atoms with Gasteiger partial charge in [0.25, 0.3) is 0 Å². The fraction of sp³-hybridized carbons (Fsp3) is 0.0769. The molecule has 0 fully saturated rings. The van der Waals surface area contributed by atoms with Gasteiger partial charge in [-0.3, -0.25) is 0 Å². The highest BCUT2D eigenvalue weighted by atomic mass is 35.5. The van der Waals surface area contributed by atoms with Gasteiger partial charge in [-0.1, -0.05) is 48.0 Å². The summed E-state index contributed by atoms with van der Waals surface area (Å²) in [5.74, 6) is 0. The maximum absolute atomic E-state index is 6.15. The standard InChI is InChI=1S/C13H10Cl/c1-10-7-8-12(13(14)9-10)11-5-3-2-4-6-11/h3-9H,1H3. The van der Waals surface area contributed by atoms with Crippen LogP contribution in [0.15, 0.2) is 42.5 Å². The minimum atomic E-state index is 0.802. The van der Waals surface area contributed by atoms with E-state index in [1.807, 2.05) is 43.3 Å². The smallest absolute Gasteiger partial charge is 0.0487 e. The first-order valence-electron chi connectivity index (χ1n) is 4.50. The molecule has 2 rings (SSSR count). The number of hydrogen-bond acceptors (Lipinski definition) is 0. The third-order valence-corrected chi connectivity index (χ3v) is 2.47. The van der Waals surface area contributed by atoms with E-state index in [-0.39, 0.29) is 0 Å². The molecule has 0 unspecified atom stereocenters. The normalized spacial score (nSPS) is 10.1. The van der Waals surface area contributed by atoms with Crippen LogP contribution < -0.4 is 0 Å². The minimum Gasteiger partial charge on any atom is -0.0837 e. The van der Waals surface area contributed by atoms with Gasteiger partial charge in [-0.05, 0) is 30.2 Å². The van der Waals surface area contributed by atoms with Gasteiger partial charge in [0.15, 0.2) is 0 Å². The van der Waals surface area contributed by atoms with Gasteiger partial charge in [0.1, 0.15) is 0 Å². The van der Waals surface area contributed by atoms with E-state index in [0.29, 0.717) is 0 Å². The van der Waals surface area contributed by atoms with Crippen molar-refractivity contribution in [2.24, 2.45) is 0 Å². The van der Waals surface area contributed by atoms with Gasteiger partial charge in [0, 0.05) is 10.6 Å². The van der Waals surface area contributed by atoms with Crippen molar-refractivity contribution in [3.63, 3.8) is 0 Å². The van der Waals surface area contributed by atoms with Crippen LogP contribution in [0.1, 0.15) is 5.56 Å². The summed E-state index contributed by atoms with van der Waals surface area (Å²) in [6, 6.07) is 16.9. The van der Waals surface area contributed by atoms with Crippen LogP contribution in [0, 0.1) is 13.0 Å². The Hall–Kier alpha value is -1.27. The first-order chi connectivity index (χ1) is 6.77. The SMILES string of the molecule is Cc1ccc(-c2cc[c]cc2)c(Cl)c1. The van der Waals surface area contributed by atoms with E-state index >= 15 is 0 Å². The predicted octanol–water partition coefficient (Wildman–Crippen LogP) is 4.12. The molecule has 0 bridgehead atoms. The summed E-state index contributed by atoms with van der Waals surface area (Å²) in [6.07, 6.45) is 0. The van der Waals surface area contributed by atoms with E-state index in [1.54, 1.807) is 0 Å². The molecule has 14 heavy (non-hydrogen) atoms. The molecule has 0 saturated carbocycles. The van der Waals surface area contributed by atoms with E-state index in [9.17, 15) is 0 Å². The van der Waals surface area contributed by atoms with E-state index in [2.05, 4.69) is 12.1 Å². The second kappa shape index (κ2) is 3.85. The summed E-state index contributed by atoms with van der Waals surface area (Å²) in [5, 5.41) is 0.802. The van der Waals surface area contributed by atoms with Crippen molar-refractivity contribution >= 4 is 11.6 Å². The second-order valence-electron chi connectivity index (χ2n) is 3.27. The highest BCUT2D eigenvalue weighted by Gasteiger charge is 2.01. The fourth-order valence-electron chi connectivity index (χ4n) is 1.42. The lowest BCUT2D eigenvalue weighted by Gasteiger charge is -2.04. The molecule has 69 valence electrons. The third kappa shape index (κ3) is 1.80. The largest absolute Gasteiger partial charge is 0.0837 e. The summed E-state index contributed by atoms with van der Waals surface area (Å²) in [5.41, 5.74) is 3.39. The van der Waals surface area contributed by atoms with Crippen LogP contribution in [-0.4, -0.2) is 0 Å². The highest BCUT2D eigenvalue weighted by molar-refractivity contribution is 6.33. The van der Waals surface area contributed by atoms with Crippen LogP contribution in [0.3, 0.4) is 0 Å². The molecule has 1 radical (unpaired) electrons. The zero-order valence-corrected chi connectivity index (χ0v) is 8.68. The van der Waals surface area contributed by atoms with E-state index < -0.39 is 0 Å². The van der Waals surface area contributed by atoms with Crippen molar-refractivity contribution in [3.8, 4) is 11.1 Å². The second-order valence-corrected chi connectivity index (χ2v) is 3.68. The first kappa shape index (κ1) is 9.29. The Morgan fingerprint density at radius 1 is 1.07 bits per heavy atom. The number of aryl methyl sites for hydroxylation is 1. The Morgan fingerprint density at radius 2 is 1.79 bits per heavy atom. The summed E-state index contributed by atoms with van der Waals surface area (Å²) in [4.78, 5) is 0. The molecule has 0 aliphatic carbocycles. The molecule has 2 aromatic carbocycles. The molecular formula is C13H10Cl. The highest BCUT2D eigenvalue weighted by Crippen LogP contribution is 2.27. The molecule has 1 heteroatoms. The molecule has 0 amide bonds. The first-order valence-corrected chi connectivity index (χ1v) is 4.88. The fourth-order valence-corrected chi connectivity index (χ4v) is 1.76. The Labute approximate surface area is 89.2 Å². The Morgan fingerprint density at radius 3 is 2.43 bits per heavy atom. The number of rotatable bonds is 1. The van der Waals surface area contributed by atoms with E-state index in [4.69, 9.17) is 11.6 Å². The Kier molecular flexibility index (Phi) is 2.55. The van der Waals surface area contributed by atoms with Crippen molar-refractivity contribution in [1.82, 2.24) is 0 Å². The maximum atomic E-state index is 6.15. The maximum Gasteiger partial charge on any atom is 0.0487 e. The Balaban J connectivity index is 2.53. The van der Waals surface area contributed by atoms with Crippen molar-refractivity contribution in [1.29, 1.82) is 0 Å². The van der Waals surface area contributed by atoms with Crippen LogP contribution in [0.2, 0.25) is 5.02 Å². The molecule has 0 N–H and O–H groups in total. The van der Waals surface area contributed by atoms with Crippen molar-refractivity contribution < 1.29 is 0 Å². The lowest BCUT2D eigenvalue weighted by atomic mass is 10.0. The molecule has 0 aliphatic heterocycles. The molecule has 0 spiro atoms. The monoisotopic (exact) mass is 201 g/mol. The molecular weight excluding hydrogens is 192 g/mol. The number of benzene rings is 2. The zero-order valence-electron chi connectivity index (χ0n) is 7.92. The average Bonchev–Trinajstić information content (AvgIpc) is 2.19. The van der Waals surface area contributed by atoms with Gasteiger partial charge in [-0.25, -0.2) is 0 Å². The number of halogens is 1. The average molecular weight is 202 g/mol. The summed E-state index contributed by atoms with van der Waals surface area (Å²) in [6.45, 7) is 2.04. The van der Waals surface area contributed by atoms with Gasteiger partial charge in [0.2, 0.25) is 0 Å². The van der Waals surface area contributed by atoms with Gasteiger partial charge in [-0.2, -0.15) is 0 Å². The molecule has 0 heterocycles. The predicted molar refractivity (Wildman–Crippen MR) is 60.5 cm³/mol. The Bertz CT molecular complexity index is 432. The van der Waals surface area contributed by atoms with Crippen LogP contribution in [-0.2, 0) is 0 Å². The van der Waals surface area contributed by atoms with Gasteiger partial charge >= 0.3 is 0 Å². The van der Waals surface area contributed by atoms with Crippen LogP contribution in [0.5, 0.6) is 0 Å². The van der Waals surface area contributed by atoms with Gasteiger partial charge in [0.05, 0.1) is 0 Å². The van der Waals surface area contributed by atoms with Crippen molar-refractivity contribution in [2.45, 2.75) is 6.92 Å². The number of hydrogen-bond donors (Lipinski definition) is 0. The molecule has 0 nitrogen and oxygen atoms in total. The molecule has 0 atom stereocenters. The van der Waals surface area contributed by atoms with Crippen LogP contribution >= 0.6 is 11.6 Å². The topological polar surface area (TPSA) is 0 Å². The van der Waals surface area contributed by atoms with Gasteiger partial charge in [-0.15, -0.1) is 0 Å². The van der Waals surface area contributed by atoms with E-state index in [0.717, 1.165) is 16.1 Å². The summed E-state index contributed by atoms with van der Waals surface area (Å²) < 4.78 is 0. The van der Waals surface area contributed by atoms with Crippen molar-refractivity contribution in [2.75, 3.05) is 0 Å². The van der Waals surface area contributed by atoms with Gasteiger partial charge < -0.3 is 0 Å². The molecule has 0 aromatic heterocycles. The lowest BCUT2D eigenvalue weighted by Crippen LogP contribution is -1.80.